The van der Waals surface area contributed by atoms with Crippen molar-refractivity contribution in [1.29, 1.82) is 0 Å². The summed E-state index contributed by atoms with van der Waals surface area (Å²) < 4.78 is 12.8. The number of halogens is 1. The van der Waals surface area contributed by atoms with E-state index in [4.69, 9.17) is 0 Å². The summed E-state index contributed by atoms with van der Waals surface area (Å²) >= 11 is 1.87. The van der Waals surface area contributed by atoms with Crippen LogP contribution in [0, 0.1) is 5.82 Å². The second-order valence-electron chi connectivity index (χ2n) is 4.03. The van der Waals surface area contributed by atoms with Gasteiger partial charge in [-0.1, -0.05) is 32.9 Å². The zero-order chi connectivity index (χ0) is 9.90. The van der Waals surface area contributed by atoms with Crippen molar-refractivity contribution >= 4 is 11.8 Å². The fraction of sp³-hybridized carbons (Fsp3) is 0.455. The smallest absolute Gasteiger partial charge is 0.123 e. The molecule has 0 N–H and O–H groups in total. The van der Waals surface area contributed by atoms with Gasteiger partial charge in [0.2, 0.25) is 0 Å². The van der Waals surface area contributed by atoms with Crippen molar-refractivity contribution in [3.8, 4) is 0 Å². The number of hydrogen-bond acceptors (Lipinski definition) is 1. The Morgan fingerprint density at radius 3 is 2.15 bits per heavy atom. The van der Waals surface area contributed by atoms with E-state index >= 15 is 0 Å². The lowest BCUT2D eigenvalue weighted by molar-refractivity contribution is 0.627. The zero-order valence-corrected chi connectivity index (χ0v) is 9.12. The molecule has 0 radical (unpaired) electrons. The van der Waals surface area contributed by atoms with E-state index < -0.39 is 0 Å². The van der Waals surface area contributed by atoms with Crippen molar-refractivity contribution < 1.29 is 4.39 Å². The van der Waals surface area contributed by atoms with Crippen LogP contribution in [-0.4, -0.2) is 4.75 Å². The Hall–Kier alpha value is -0.500. The summed E-state index contributed by atoms with van der Waals surface area (Å²) in [6.07, 6.45) is 0. The van der Waals surface area contributed by atoms with Crippen molar-refractivity contribution in [1.82, 2.24) is 0 Å². The first kappa shape index (κ1) is 10.6. The van der Waals surface area contributed by atoms with Crippen LogP contribution < -0.4 is 0 Å². The summed E-state index contributed by atoms with van der Waals surface area (Å²) in [5.41, 5.74) is 1.18. The maximum atomic E-state index is 12.6. The lowest BCUT2D eigenvalue weighted by atomic mass is 10.2. The van der Waals surface area contributed by atoms with Gasteiger partial charge in [0.05, 0.1) is 0 Å². The monoisotopic (exact) mass is 198 g/mol. The molecule has 13 heavy (non-hydrogen) atoms. The lowest BCUT2D eigenvalue weighted by Crippen LogP contribution is -2.07. The molecule has 0 aliphatic rings. The molecule has 0 amide bonds. The molecule has 0 nitrogen and oxygen atoms in total. The Balaban J connectivity index is 2.51. The summed E-state index contributed by atoms with van der Waals surface area (Å²) in [5, 5.41) is 0. The minimum absolute atomic E-state index is 0.162. The van der Waals surface area contributed by atoms with E-state index in [1.54, 1.807) is 0 Å². The first-order chi connectivity index (χ1) is 5.97. The molecule has 0 heterocycles. The third-order valence-electron chi connectivity index (χ3n) is 1.59. The summed E-state index contributed by atoms with van der Waals surface area (Å²) in [4.78, 5) is 0. The Bertz CT molecular complexity index is 258. The molecule has 0 bridgehead atoms. The SMILES string of the molecule is CC(C)(C)SCc1ccc(F)cc1. The van der Waals surface area contributed by atoms with Crippen molar-refractivity contribution in [3.05, 3.63) is 35.6 Å². The van der Waals surface area contributed by atoms with E-state index in [-0.39, 0.29) is 10.6 Å². The highest BCUT2D eigenvalue weighted by molar-refractivity contribution is 7.99. The van der Waals surface area contributed by atoms with Gasteiger partial charge in [-0.15, -0.1) is 0 Å². The fourth-order valence-corrected chi connectivity index (χ4v) is 1.67. The van der Waals surface area contributed by atoms with Crippen LogP contribution in [-0.2, 0) is 5.75 Å². The average molecular weight is 198 g/mol. The minimum atomic E-state index is -0.162. The van der Waals surface area contributed by atoms with Gasteiger partial charge in [-0.3, -0.25) is 0 Å². The first-order valence-electron chi connectivity index (χ1n) is 4.36. The van der Waals surface area contributed by atoms with E-state index in [0.29, 0.717) is 0 Å². The molecule has 2 heteroatoms. The predicted molar refractivity (Wildman–Crippen MR) is 57.4 cm³/mol. The molecule has 0 saturated carbocycles. The summed E-state index contributed by atoms with van der Waals surface area (Å²) in [5.74, 6) is 0.786. The number of rotatable bonds is 2. The molecular formula is C11H15FS. The van der Waals surface area contributed by atoms with Crippen molar-refractivity contribution in [3.63, 3.8) is 0 Å². The highest BCUT2D eigenvalue weighted by atomic mass is 32.2. The third-order valence-corrected chi connectivity index (χ3v) is 2.93. The maximum Gasteiger partial charge on any atom is 0.123 e. The van der Waals surface area contributed by atoms with Gasteiger partial charge in [-0.2, -0.15) is 11.8 Å². The van der Waals surface area contributed by atoms with Crippen LogP contribution in [0.4, 0.5) is 4.39 Å². The topological polar surface area (TPSA) is 0 Å². The summed E-state index contributed by atoms with van der Waals surface area (Å²) in [7, 11) is 0. The van der Waals surface area contributed by atoms with Crippen LogP contribution in [0.2, 0.25) is 0 Å². The number of hydrogen-bond donors (Lipinski definition) is 0. The van der Waals surface area contributed by atoms with Gasteiger partial charge in [0.15, 0.2) is 0 Å². The van der Waals surface area contributed by atoms with Crippen LogP contribution in [0.25, 0.3) is 0 Å². The highest BCUT2D eigenvalue weighted by Gasteiger charge is 2.10. The molecular weight excluding hydrogens is 183 g/mol. The van der Waals surface area contributed by atoms with Gasteiger partial charge in [-0.25, -0.2) is 4.39 Å². The zero-order valence-electron chi connectivity index (χ0n) is 8.30. The fourth-order valence-electron chi connectivity index (χ4n) is 0.880. The molecule has 0 fully saturated rings. The second-order valence-corrected chi connectivity index (χ2v) is 5.83. The minimum Gasteiger partial charge on any atom is -0.207 e. The standard InChI is InChI=1S/C11H15FS/c1-11(2,3)13-8-9-4-6-10(12)7-5-9/h4-7H,8H2,1-3H3. The number of thioether (sulfide) groups is 1. The predicted octanol–water partition coefficient (Wildman–Crippen LogP) is 3.86. The molecule has 0 atom stereocenters. The van der Waals surface area contributed by atoms with E-state index in [1.165, 1.54) is 17.7 Å². The van der Waals surface area contributed by atoms with Gasteiger partial charge in [0, 0.05) is 10.5 Å². The van der Waals surface area contributed by atoms with E-state index in [0.717, 1.165) is 5.75 Å². The van der Waals surface area contributed by atoms with Crippen molar-refractivity contribution in [2.75, 3.05) is 0 Å². The van der Waals surface area contributed by atoms with Gasteiger partial charge in [-0.05, 0) is 17.7 Å². The Morgan fingerprint density at radius 1 is 1.15 bits per heavy atom. The summed E-state index contributed by atoms with van der Waals surface area (Å²) in [6.45, 7) is 6.55. The Kier molecular flexibility index (Phi) is 3.37. The van der Waals surface area contributed by atoms with Gasteiger partial charge in [0.25, 0.3) is 0 Å². The van der Waals surface area contributed by atoms with E-state index in [1.807, 2.05) is 23.9 Å². The quantitative estimate of drug-likeness (QED) is 0.695. The van der Waals surface area contributed by atoms with Gasteiger partial charge < -0.3 is 0 Å². The second kappa shape index (κ2) is 4.14. The van der Waals surface area contributed by atoms with Crippen LogP contribution in [0.3, 0.4) is 0 Å². The third kappa shape index (κ3) is 4.32. The molecule has 0 aliphatic carbocycles. The lowest BCUT2D eigenvalue weighted by Gasteiger charge is -2.17. The molecule has 1 rings (SSSR count). The molecule has 1 aromatic rings. The van der Waals surface area contributed by atoms with Crippen molar-refractivity contribution in [2.24, 2.45) is 0 Å². The Morgan fingerprint density at radius 2 is 1.69 bits per heavy atom. The van der Waals surface area contributed by atoms with Crippen LogP contribution in [0.5, 0.6) is 0 Å². The molecule has 72 valence electrons. The molecule has 0 unspecified atom stereocenters. The molecule has 0 aromatic heterocycles. The highest BCUT2D eigenvalue weighted by Crippen LogP contribution is 2.26. The largest absolute Gasteiger partial charge is 0.207 e. The number of benzene rings is 1. The van der Waals surface area contributed by atoms with Crippen LogP contribution in [0.1, 0.15) is 26.3 Å². The normalized spacial score (nSPS) is 11.7. The molecule has 0 aliphatic heterocycles. The Labute approximate surface area is 83.5 Å². The van der Waals surface area contributed by atoms with Gasteiger partial charge in [0.1, 0.15) is 5.82 Å². The van der Waals surface area contributed by atoms with Crippen LogP contribution >= 0.6 is 11.8 Å². The summed E-state index contributed by atoms with van der Waals surface area (Å²) in [6, 6.07) is 6.71. The van der Waals surface area contributed by atoms with Crippen LogP contribution in [0.15, 0.2) is 24.3 Å². The van der Waals surface area contributed by atoms with E-state index in [2.05, 4.69) is 20.8 Å². The average Bonchev–Trinajstić information content (AvgIpc) is 2.02. The molecule has 0 saturated heterocycles. The molecule has 1 aromatic carbocycles. The molecule has 0 spiro atoms. The van der Waals surface area contributed by atoms with Crippen molar-refractivity contribution in [2.45, 2.75) is 31.3 Å². The maximum absolute atomic E-state index is 12.6. The van der Waals surface area contributed by atoms with E-state index in [9.17, 15) is 4.39 Å². The first-order valence-corrected chi connectivity index (χ1v) is 5.34. The van der Waals surface area contributed by atoms with Gasteiger partial charge >= 0.3 is 0 Å².